The summed E-state index contributed by atoms with van der Waals surface area (Å²) in [5.74, 6) is -1.73. The van der Waals surface area contributed by atoms with Gasteiger partial charge in [-0.2, -0.15) is 4.31 Å². The van der Waals surface area contributed by atoms with E-state index >= 15 is 0 Å². The minimum absolute atomic E-state index is 0.0624. The lowest BCUT2D eigenvalue weighted by molar-refractivity contribution is -0.151. The number of sulfonamides is 1. The van der Waals surface area contributed by atoms with Gasteiger partial charge in [-0.1, -0.05) is 0 Å². The van der Waals surface area contributed by atoms with Gasteiger partial charge in [0.05, 0.1) is 22.9 Å². The summed E-state index contributed by atoms with van der Waals surface area (Å²) in [6, 6.07) is 4.26. The number of hydrogen-bond donors (Lipinski definition) is 0. The first-order chi connectivity index (χ1) is 15.3. The summed E-state index contributed by atoms with van der Waals surface area (Å²) in [5, 5.41) is 0. The van der Waals surface area contributed by atoms with Crippen molar-refractivity contribution in [2.24, 2.45) is 5.92 Å². The summed E-state index contributed by atoms with van der Waals surface area (Å²) in [5.41, 5.74) is 0.466. The van der Waals surface area contributed by atoms with Crippen molar-refractivity contribution in [3.05, 3.63) is 28.7 Å². The third kappa shape index (κ3) is 4.31. The standard InChI is InChI=1S/C21H27N3O7S/c1-2-30-20(26)15-6-5-9-22(13-15)19(25)14-24-17-8-7-16(12-18(17)31-21(24)27)32(28,29)23-10-3-4-11-23/h7-8,12,15H,2-6,9-11,13-14H2,1H3. The van der Waals surface area contributed by atoms with E-state index in [-0.39, 0.29) is 48.0 Å². The maximum atomic E-state index is 12.9. The third-order valence-electron chi connectivity index (χ3n) is 6.03. The molecule has 1 aromatic carbocycles. The number of piperidine rings is 1. The summed E-state index contributed by atoms with van der Waals surface area (Å²) in [4.78, 5) is 38.9. The van der Waals surface area contributed by atoms with Crippen LogP contribution in [-0.4, -0.2) is 66.9 Å². The van der Waals surface area contributed by atoms with Crippen LogP contribution in [0.25, 0.3) is 11.1 Å². The van der Waals surface area contributed by atoms with Gasteiger partial charge in [-0.3, -0.25) is 14.2 Å². The number of aromatic nitrogens is 1. The van der Waals surface area contributed by atoms with Crippen molar-refractivity contribution < 1.29 is 27.2 Å². The topological polar surface area (TPSA) is 119 Å². The van der Waals surface area contributed by atoms with Crippen molar-refractivity contribution in [3.8, 4) is 0 Å². The molecule has 174 valence electrons. The lowest BCUT2D eigenvalue weighted by Crippen LogP contribution is -2.44. The van der Waals surface area contributed by atoms with Gasteiger partial charge in [0.2, 0.25) is 15.9 Å². The summed E-state index contributed by atoms with van der Waals surface area (Å²) in [6.45, 7) is 3.47. The Morgan fingerprint density at radius 3 is 2.62 bits per heavy atom. The third-order valence-corrected chi connectivity index (χ3v) is 7.92. The Morgan fingerprint density at radius 2 is 1.91 bits per heavy atom. The zero-order valence-corrected chi connectivity index (χ0v) is 18.8. The number of rotatable bonds is 6. The van der Waals surface area contributed by atoms with Crippen molar-refractivity contribution >= 4 is 33.0 Å². The molecule has 0 saturated carbocycles. The van der Waals surface area contributed by atoms with Gasteiger partial charge in [-0.15, -0.1) is 0 Å². The Kier molecular flexibility index (Phi) is 6.38. The molecule has 0 radical (unpaired) electrons. The second-order valence-corrected chi connectivity index (χ2v) is 10.1. The monoisotopic (exact) mass is 465 g/mol. The second kappa shape index (κ2) is 9.07. The highest BCUT2D eigenvalue weighted by atomic mass is 32.2. The average Bonchev–Trinajstić information content (AvgIpc) is 3.43. The number of amides is 1. The Balaban J connectivity index is 1.53. The van der Waals surface area contributed by atoms with E-state index in [4.69, 9.17) is 9.15 Å². The molecule has 4 rings (SSSR count). The number of carbonyl (C=O) groups is 2. The zero-order valence-electron chi connectivity index (χ0n) is 18.0. The van der Waals surface area contributed by atoms with E-state index in [0.29, 0.717) is 38.0 Å². The normalized spacial score (nSPS) is 20.0. The molecule has 1 amide bonds. The summed E-state index contributed by atoms with van der Waals surface area (Å²) < 4.78 is 38.5. The van der Waals surface area contributed by atoms with Crippen LogP contribution in [0.4, 0.5) is 0 Å². The maximum absolute atomic E-state index is 12.9. The van der Waals surface area contributed by atoms with Gasteiger partial charge in [0.15, 0.2) is 5.58 Å². The van der Waals surface area contributed by atoms with Crippen LogP contribution in [0, 0.1) is 5.92 Å². The van der Waals surface area contributed by atoms with Crippen LogP contribution in [0.1, 0.15) is 32.6 Å². The predicted octanol–water partition coefficient (Wildman–Crippen LogP) is 1.18. The number of nitrogens with zero attached hydrogens (tertiary/aromatic N) is 3. The molecule has 1 atom stereocenters. The van der Waals surface area contributed by atoms with Crippen LogP contribution in [0.5, 0.6) is 0 Å². The van der Waals surface area contributed by atoms with Crippen LogP contribution < -0.4 is 5.76 Å². The van der Waals surface area contributed by atoms with E-state index in [2.05, 4.69) is 0 Å². The van der Waals surface area contributed by atoms with Crippen LogP contribution in [0.2, 0.25) is 0 Å². The van der Waals surface area contributed by atoms with E-state index in [9.17, 15) is 22.8 Å². The number of benzene rings is 1. The van der Waals surface area contributed by atoms with Gasteiger partial charge < -0.3 is 14.1 Å². The molecular weight excluding hydrogens is 438 g/mol. The number of likely N-dealkylation sites (tertiary alicyclic amines) is 1. The highest BCUT2D eigenvalue weighted by Crippen LogP contribution is 2.25. The minimum Gasteiger partial charge on any atom is -0.466 e. The summed E-state index contributed by atoms with van der Waals surface area (Å²) in [7, 11) is -3.65. The molecule has 1 unspecified atom stereocenters. The fourth-order valence-corrected chi connectivity index (χ4v) is 5.86. The number of oxazole rings is 1. The van der Waals surface area contributed by atoms with E-state index in [1.165, 1.54) is 27.1 Å². The van der Waals surface area contributed by atoms with E-state index in [0.717, 1.165) is 12.8 Å². The molecule has 2 aromatic rings. The lowest BCUT2D eigenvalue weighted by atomic mass is 9.98. The molecule has 2 saturated heterocycles. The fraction of sp³-hybridized carbons (Fsp3) is 0.571. The molecule has 2 aliphatic heterocycles. The lowest BCUT2D eigenvalue weighted by Gasteiger charge is -2.31. The Bertz CT molecular complexity index is 1180. The van der Waals surface area contributed by atoms with Gasteiger partial charge in [0, 0.05) is 32.2 Å². The summed E-state index contributed by atoms with van der Waals surface area (Å²) in [6.07, 6.45) is 2.98. The molecule has 11 heteroatoms. The smallest absolute Gasteiger partial charge is 0.420 e. The van der Waals surface area contributed by atoms with Crippen LogP contribution >= 0.6 is 0 Å². The average molecular weight is 466 g/mol. The first-order valence-electron chi connectivity index (χ1n) is 10.9. The minimum atomic E-state index is -3.65. The molecule has 0 N–H and O–H groups in total. The van der Waals surface area contributed by atoms with Crippen LogP contribution in [0.15, 0.2) is 32.3 Å². The largest absolute Gasteiger partial charge is 0.466 e. The van der Waals surface area contributed by atoms with E-state index < -0.39 is 15.8 Å². The SMILES string of the molecule is CCOC(=O)C1CCCN(C(=O)Cn2c(=O)oc3cc(S(=O)(=O)N4CCCC4)ccc32)C1. The van der Waals surface area contributed by atoms with E-state index in [1.54, 1.807) is 11.8 Å². The molecule has 2 fully saturated rings. The molecule has 10 nitrogen and oxygen atoms in total. The molecular formula is C21H27N3O7S. The first-order valence-corrected chi connectivity index (χ1v) is 12.3. The second-order valence-electron chi connectivity index (χ2n) is 8.13. The van der Waals surface area contributed by atoms with Crippen LogP contribution in [0.3, 0.4) is 0 Å². The predicted molar refractivity (Wildman–Crippen MR) is 114 cm³/mol. The molecule has 0 spiro atoms. The molecule has 2 aliphatic rings. The highest BCUT2D eigenvalue weighted by molar-refractivity contribution is 7.89. The highest BCUT2D eigenvalue weighted by Gasteiger charge is 2.31. The van der Waals surface area contributed by atoms with Gasteiger partial charge in [-0.05, 0) is 44.7 Å². The number of esters is 1. The van der Waals surface area contributed by atoms with Gasteiger partial charge in [-0.25, -0.2) is 13.2 Å². The molecule has 3 heterocycles. The van der Waals surface area contributed by atoms with Crippen molar-refractivity contribution in [2.45, 2.75) is 44.0 Å². The van der Waals surface area contributed by atoms with Crippen molar-refractivity contribution in [1.29, 1.82) is 0 Å². The molecule has 0 bridgehead atoms. The Labute approximate surface area is 185 Å². The van der Waals surface area contributed by atoms with Gasteiger partial charge >= 0.3 is 11.7 Å². The number of fused-ring (bicyclic) bond motifs is 1. The van der Waals surface area contributed by atoms with Crippen molar-refractivity contribution in [2.75, 3.05) is 32.8 Å². The number of carbonyl (C=O) groups excluding carboxylic acids is 2. The van der Waals surface area contributed by atoms with E-state index in [1.807, 2.05) is 0 Å². The van der Waals surface area contributed by atoms with Crippen molar-refractivity contribution in [1.82, 2.24) is 13.8 Å². The Morgan fingerprint density at radius 1 is 1.16 bits per heavy atom. The molecule has 32 heavy (non-hydrogen) atoms. The maximum Gasteiger partial charge on any atom is 0.420 e. The number of ether oxygens (including phenoxy) is 1. The van der Waals surface area contributed by atoms with Gasteiger partial charge in [0.25, 0.3) is 0 Å². The summed E-state index contributed by atoms with van der Waals surface area (Å²) >= 11 is 0. The zero-order chi connectivity index (χ0) is 22.9. The quantitative estimate of drug-likeness (QED) is 0.588. The molecule has 1 aromatic heterocycles. The van der Waals surface area contributed by atoms with Crippen LogP contribution in [-0.2, 0) is 30.9 Å². The fourth-order valence-electron chi connectivity index (χ4n) is 4.33. The molecule has 0 aliphatic carbocycles. The first kappa shape index (κ1) is 22.5. The number of hydrogen-bond acceptors (Lipinski definition) is 7. The van der Waals surface area contributed by atoms with Crippen molar-refractivity contribution in [3.63, 3.8) is 0 Å². The van der Waals surface area contributed by atoms with Gasteiger partial charge in [0.1, 0.15) is 6.54 Å². The Hall–Kier alpha value is -2.66.